The molecule has 2 N–H and O–H groups in total. The zero-order valence-corrected chi connectivity index (χ0v) is 14.4. The second-order valence-corrected chi connectivity index (χ2v) is 6.12. The lowest BCUT2D eigenvalue weighted by Gasteiger charge is -2.13. The Hall–Kier alpha value is -3.47. The van der Waals surface area contributed by atoms with Crippen molar-refractivity contribution in [2.45, 2.75) is 12.5 Å². The maximum absolute atomic E-state index is 13.2. The molecule has 5 heteroatoms. The zero-order valence-electron chi connectivity index (χ0n) is 14.4. The molecule has 3 aromatic rings. The van der Waals surface area contributed by atoms with E-state index in [2.05, 4.69) is 5.32 Å². The van der Waals surface area contributed by atoms with Gasteiger partial charge in [0.25, 0.3) is 5.91 Å². The fraction of sp³-hybridized carbons (Fsp3) is 0.0909. The van der Waals surface area contributed by atoms with Crippen LogP contribution in [0, 0.1) is 5.82 Å². The summed E-state index contributed by atoms with van der Waals surface area (Å²) in [6, 6.07) is 17.7. The monoisotopic (exact) mass is 363 g/mol. The van der Waals surface area contributed by atoms with Crippen LogP contribution in [-0.2, 0) is 4.79 Å². The molecule has 0 aliphatic heterocycles. The van der Waals surface area contributed by atoms with E-state index in [1.807, 2.05) is 30.3 Å². The summed E-state index contributed by atoms with van der Waals surface area (Å²) >= 11 is 0. The Bertz CT molecular complexity index is 1010. The lowest BCUT2D eigenvalue weighted by atomic mass is 10.1. The normalized spacial score (nSPS) is 12.2. The summed E-state index contributed by atoms with van der Waals surface area (Å²) in [7, 11) is 0. The molecular weight excluding hydrogens is 345 g/mol. The first-order chi connectivity index (χ1) is 13.0. The molecule has 0 aromatic heterocycles. The van der Waals surface area contributed by atoms with E-state index in [4.69, 9.17) is 0 Å². The van der Waals surface area contributed by atoms with Gasteiger partial charge in [-0.2, -0.15) is 0 Å². The Balaban J connectivity index is 1.69. The summed E-state index contributed by atoms with van der Waals surface area (Å²) in [5, 5.41) is 13.8. The van der Waals surface area contributed by atoms with Crippen LogP contribution >= 0.6 is 0 Å². The number of hydrogen-bond acceptors (Lipinski definition) is 2. The fourth-order valence-corrected chi connectivity index (χ4v) is 2.74. The van der Waals surface area contributed by atoms with Crippen LogP contribution in [0.15, 0.2) is 72.8 Å². The van der Waals surface area contributed by atoms with Gasteiger partial charge in [0, 0.05) is 5.56 Å². The van der Waals surface area contributed by atoms with E-state index in [0.29, 0.717) is 11.1 Å². The van der Waals surface area contributed by atoms with Gasteiger partial charge in [0.05, 0.1) is 0 Å². The highest BCUT2D eigenvalue weighted by atomic mass is 19.1. The SMILES string of the molecule is O=C(N[C@H](CC=Cc1cccc(F)c1)C(=O)O)c1ccc2ccccc2c1. The number of carboxylic acid groups (broad SMARTS) is 1. The van der Waals surface area contributed by atoms with Crippen molar-refractivity contribution < 1.29 is 19.1 Å². The van der Waals surface area contributed by atoms with Crippen molar-refractivity contribution in [2.24, 2.45) is 0 Å². The van der Waals surface area contributed by atoms with E-state index in [1.165, 1.54) is 12.1 Å². The first kappa shape index (κ1) is 18.3. The molecule has 1 atom stereocenters. The van der Waals surface area contributed by atoms with Crippen molar-refractivity contribution in [1.82, 2.24) is 5.32 Å². The van der Waals surface area contributed by atoms with Crippen molar-refractivity contribution in [3.63, 3.8) is 0 Å². The zero-order chi connectivity index (χ0) is 19.2. The van der Waals surface area contributed by atoms with Crippen LogP contribution in [-0.4, -0.2) is 23.0 Å². The van der Waals surface area contributed by atoms with Gasteiger partial charge in [-0.3, -0.25) is 4.79 Å². The number of halogens is 1. The summed E-state index contributed by atoms with van der Waals surface area (Å²) in [5.74, 6) is -1.95. The molecule has 3 rings (SSSR count). The summed E-state index contributed by atoms with van der Waals surface area (Å²) in [6.45, 7) is 0. The van der Waals surface area contributed by atoms with E-state index in [-0.39, 0.29) is 12.2 Å². The highest BCUT2D eigenvalue weighted by Crippen LogP contribution is 2.16. The van der Waals surface area contributed by atoms with Gasteiger partial charge in [-0.15, -0.1) is 0 Å². The molecule has 0 unspecified atom stereocenters. The maximum Gasteiger partial charge on any atom is 0.326 e. The second-order valence-electron chi connectivity index (χ2n) is 6.12. The van der Waals surface area contributed by atoms with Crippen LogP contribution in [0.2, 0.25) is 0 Å². The number of fused-ring (bicyclic) bond motifs is 1. The van der Waals surface area contributed by atoms with Gasteiger partial charge in [-0.05, 0) is 47.0 Å². The largest absolute Gasteiger partial charge is 0.480 e. The van der Waals surface area contributed by atoms with Crippen LogP contribution < -0.4 is 5.32 Å². The van der Waals surface area contributed by atoms with Crippen molar-refractivity contribution in [3.05, 3.63) is 89.8 Å². The summed E-state index contributed by atoms with van der Waals surface area (Å²) in [4.78, 5) is 23.9. The number of nitrogens with one attached hydrogen (secondary N) is 1. The molecule has 0 bridgehead atoms. The molecular formula is C22H18FNO3. The predicted octanol–water partition coefficient (Wildman–Crippen LogP) is 4.27. The standard InChI is InChI=1S/C22H18FNO3/c23-19-9-3-5-15(13-19)6-4-10-20(22(26)27)24-21(25)18-12-11-16-7-1-2-8-17(16)14-18/h1-9,11-14,20H,10H2,(H,24,25)(H,26,27)/t20-/m1/s1. The number of carboxylic acids is 1. The number of rotatable bonds is 6. The van der Waals surface area contributed by atoms with Gasteiger partial charge in [0.1, 0.15) is 11.9 Å². The molecule has 0 radical (unpaired) electrons. The van der Waals surface area contributed by atoms with Gasteiger partial charge in [0.2, 0.25) is 0 Å². The van der Waals surface area contributed by atoms with E-state index in [0.717, 1.165) is 10.8 Å². The molecule has 4 nitrogen and oxygen atoms in total. The number of carbonyl (C=O) groups excluding carboxylic acids is 1. The van der Waals surface area contributed by atoms with Crippen LogP contribution in [0.1, 0.15) is 22.3 Å². The second kappa shape index (κ2) is 8.27. The molecule has 0 heterocycles. The minimum atomic E-state index is -1.13. The van der Waals surface area contributed by atoms with E-state index < -0.39 is 17.9 Å². The fourth-order valence-electron chi connectivity index (χ4n) is 2.74. The third-order valence-electron chi connectivity index (χ3n) is 4.15. The molecule has 0 saturated heterocycles. The molecule has 3 aromatic carbocycles. The smallest absolute Gasteiger partial charge is 0.326 e. The number of amides is 1. The molecule has 0 aliphatic rings. The van der Waals surface area contributed by atoms with Gasteiger partial charge in [0.15, 0.2) is 0 Å². The van der Waals surface area contributed by atoms with Crippen molar-refractivity contribution in [1.29, 1.82) is 0 Å². The number of hydrogen-bond donors (Lipinski definition) is 2. The summed E-state index contributed by atoms with van der Waals surface area (Å²) < 4.78 is 13.2. The van der Waals surface area contributed by atoms with Gasteiger partial charge in [-0.25, -0.2) is 9.18 Å². The minimum Gasteiger partial charge on any atom is -0.480 e. The first-order valence-electron chi connectivity index (χ1n) is 8.47. The van der Waals surface area contributed by atoms with Crippen LogP contribution in [0.5, 0.6) is 0 Å². The quantitative estimate of drug-likeness (QED) is 0.687. The van der Waals surface area contributed by atoms with Gasteiger partial charge in [-0.1, -0.05) is 54.6 Å². The van der Waals surface area contributed by atoms with Crippen molar-refractivity contribution >= 4 is 28.7 Å². The highest BCUT2D eigenvalue weighted by Gasteiger charge is 2.19. The summed E-state index contributed by atoms with van der Waals surface area (Å²) in [6.07, 6.45) is 3.32. The average molecular weight is 363 g/mol. The van der Waals surface area contributed by atoms with Crippen LogP contribution in [0.25, 0.3) is 16.8 Å². The topological polar surface area (TPSA) is 66.4 Å². The Morgan fingerprint density at radius 2 is 1.78 bits per heavy atom. The molecule has 136 valence electrons. The van der Waals surface area contributed by atoms with Crippen molar-refractivity contribution in [3.8, 4) is 0 Å². The Morgan fingerprint density at radius 3 is 2.52 bits per heavy atom. The molecule has 0 fully saturated rings. The third-order valence-corrected chi connectivity index (χ3v) is 4.15. The van der Waals surface area contributed by atoms with Gasteiger partial charge < -0.3 is 10.4 Å². The number of benzene rings is 3. The third kappa shape index (κ3) is 4.79. The Labute approximate surface area is 156 Å². The first-order valence-corrected chi connectivity index (χ1v) is 8.47. The van der Waals surface area contributed by atoms with Crippen LogP contribution in [0.4, 0.5) is 4.39 Å². The molecule has 0 aliphatic carbocycles. The Morgan fingerprint density at radius 1 is 1.00 bits per heavy atom. The maximum atomic E-state index is 13.2. The van der Waals surface area contributed by atoms with E-state index in [9.17, 15) is 19.1 Å². The van der Waals surface area contributed by atoms with Gasteiger partial charge >= 0.3 is 5.97 Å². The van der Waals surface area contributed by atoms with Crippen LogP contribution in [0.3, 0.4) is 0 Å². The molecule has 1 amide bonds. The number of carbonyl (C=O) groups is 2. The molecule has 0 spiro atoms. The highest BCUT2D eigenvalue weighted by molar-refractivity contribution is 6.00. The molecule has 27 heavy (non-hydrogen) atoms. The van der Waals surface area contributed by atoms with Crippen molar-refractivity contribution in [2.75, 3.05) is 0 Å². The summed E-state index contributed by atoms with van der Waals surface area (Å²) in [5.41, 5.74) is 1.02. The van der Waals surface area contributed by atoms with E-state index >= 15 is 0 Å². The molecule has 0 saturated carbocycles. The Kier molecular flexibility index (Phi) is 5.61. The predicted molar refractivity (Wildman–Crippen MR) is 103 cm³/mol. The lowest BCUT2D eigenvalue weighted by Crippen LogP contribution is -2.40. The minimum absolute atomic E-state index is 0.0885. The lowest BCUT2D eigenvalue weighted by molar-refractivity contribution is -0.139. The number of aliphatic carboxylic acids is 1. The average Bonchev–Trinajstić information content (AvgIpc) is 2.66. The van der Waals surface area contributed by atoms with E-state index in [1.54, 1.807) is 36.4 Å².